The quantitative estimate of drug-likeness (QED) is 0.864. The topological polar surface area (TPSA) is 12.0 Å². The van der Waals surface area contributed by atoms with Crippen molar-refractivity contribution in [3.8, 4) is 0 Å². The molecule has 3 heteroatoms. The molecule has 0 aliphatic rings. The Labute approximate surface area is 121 Å². The van der Waals surface area contributed by atoms with Crippen LogP contribution in [-0.2, 0) is 6.42 Å². The van der Waals surface area contributed by atoms with Crippen molar-refractivity contribution < 1.29 is 0 Å². The monoisotopic (exact) mass is 323 g/mol. The molecule has 1 aromatic heterocycles. The van der Waals surface area contributed by atoms with Gasteiger partial charge in [0.15, 0.2) is 0 Å². The van der Waals surface area contributed by atoms with Crippen molar-refractivity contribution in [3.05, 3.63) is 55.7 Å². The standard InChI is InChI=1S/C15H18BrNS/c1-10-7-11(2)18-15(10)14(17-3)9-12-5-4-6-13(16)8-12/h4-8,14,17H,9H2,1-3H3. The Morgan fingerprint density at radius 1 is 1.28 bits per heavy atom. The lowest BCUT2D eigenvalue weighted by atomic mass is 10.0. The summed E-state index contributed by atoms with van der Waals surface area (Å²) in [6.45, 7) is 4.37. The van der Waals surface area contributed by atoms with E-state index in [0.29, 0.717) is 6.04 Å². The van der Waals surface area contributed by atoms with Gasteiger partial charge < -0.3 is 5.32 Å². The summed E-state index contributed by atoms with van der Waals surface area (Å²) in [5, 5.41) is 3.44. The first-order chi connectivity index (χ1) is 8.60. The molecule has 0 radical (unpaired) electrons. The molecule has 0 saturated carbocycles. The molecule has 2 rings (SSSR count). The zero-order chi connectivity index (χ0) is 13.1. The molecule has 0 saturated heterocycles. The number of likely N-dealkylation sites (N-methyl/N-ethyl adjacent to an activating group) is 1. The lowest BCUT2D eigenvalue weighted by Gasteiger charge is -2.16. The summed E-state index contributed by atoms with van der Waals surface area (Å²) in [5.41, 5.74) is 2.75. The highest BCUT2D eigenvalue weighted by Gasteiger charge is 2.15. The Bertz CT molecular complexity index is 533. The molecule has 1 unspecified atom stereocenters. The Hall–Kier alpha value is -0.640. The summed E-state index contributed by atoms with van der Waals surface area (Å²) >= 11 is 5.43. The van der Waals surface area contributed by atoms with Crippen LogP contribution >= 0.6 is 27.3 Å². The molecular formula is C15H18BrNS. The van der Waals surface area contributed by atoms with Crippen LogP contribution in [0, 0.1) is 13.8 Å². The van der Waals surface area contributed by atoms with Crippen LogP contribution in [0.2, 0.25) is 0 Å². The molecule has 0 bridgehead atoms. The summed E-state index contributed by atoms with van der Waals surface area (Å²) in [4.78, 5) is 2.84. The second kappa shape index (κ2) is 6.00. The third-order valence-corrected chi connectivity index (χ3v) is 4.83. The number of nitrogens with one attached hydrogen (secondary N) is 1. The first-order valence-corrected chi connectivity index (χ1v) is 7.69. The van der Waals surface area contributed by atoms with Crippen molar-refractivity contribution in [2.75, 3.05) is 7.05 Å². The summed E-state index contributed by atoms with van der Waals surface area (Å²) in [6.07, 6.45) is 1.02. The van der Waals surface area contributed by atoms with E-state index in [4.69, 9.17) is 0 Å². The normalized spacial score (nSPS) is 12.7. The first-order valence-electron chi connectivity index (χ1n) is 6.09. The highest BCUT2D eigenvalue weighted by molar-refractivity contribution is 9.10. The number of thiophene rings is 1. The third kappa shape index (κ3) is 3.22. The van der Waals surface area contributed by atoms with Crippen molar-refractivity contribution in [2.45, 2.75) is 26.3 Å². The molecule has 1 nitrogen and oxygen atoms in total. The number of benzene rings is 1. The fourth-order valence-corrected chi connectivity index (χ4v) is 3.82. The van der Waals surface area contributed by atoms with E-state index in [-0.39, 0.29) is 0 Å². The molecule has 0 amide bonds. The Morgan fingerprint density at radius 3 is 2.61 bits per heavy atom. The summed E-state index contributed by atoms with van der Waals surface area (Å²) in [7, 11) is 2.04. The van der Waals surface area contributed by atoms with Crippen LogP contribution < -0.4 is 5.32 Å². The molecule has 1 aromatic carbocycles. The van der Waals surface area contributed by atoms with E-state index < -0.39 is 0 Å². The number of aryl methyl sites for hydroxylation is 2. The van der Waals surface area contributed by atoms with Crippen LogP contribution in [0.4, 0.5) is 0 Å². The van der Waals surface area contributed by atoms with Gasteiger partial charge in [-0.1, -0.05) is 28.1 Å². The second-order valence-electron chi connectivity index (χ2n) is 4.58. The molecule has 1 atom stereocenters. The SMILES string of the molecule is CNC(Cc1cccc(Br)c1)c1sc(C)cc1C. The van der Waals surface area contributed by atoms with Crippen molar-refractivity contribution in [1.82, 2.24) is 5.32 Å². The third-order valence-electron chi connectivity index (χ3n) is 3.07. The van der Waals surface area contributed by atoms with Gasteiger partial charge in [0.05, 0.1) is 0 Å². The molecule has 1 heterocycles. The van der Waals surface area contributed by atoms with Gasteiger partial charge in [-0.25, -0.2) is 0 Å². The van der Waals surface area contributed by atoms with Gasteiger partial charge in [-0.05, 0) is 56.6 Å². The number of hydrogen-bond donors (Lipinski definition) is 1. The van der Waals surface area contributed by atoms with E-state index in [1.807, 2.05) is 18.4 Å². The zero-order valence-electron chi connectivity index (χ0n) is 11.0. The van der Waals surface area contributed by atoms with Crippen LogP contribution in [0.5, 0.6) is 0 Å². The molecule has 96 valence electrons. The van der Waals surface area contributed by atoms with Crippen molar-refractivity contribution in [3.63, 3.8) is 0 Å². The van der Waals surface area contributed by atoms with Gasteiger partial charge in [-0.15, -0.1) is 11.3 Å². The van der Waals surface area contributed by atoms with E-state index in [1.165, 1.54) is 20.9 Å². The molecule has 1 N–H and O–H groups in total. The Balaban J connectivity index is 2.22. The van der Waals surface area contributed by atoms with Crippen LogP contribution in [0.15, 0.2) is 34.8 Å². The van der Waals surface area contributed by atoms with Crippen molar-refractivity contribution >= 4 is 27.3 Å². The van der Waals surface area contributed by atoms with Gasteiger partial charge in [-0.2, -0.15) is 0 Å². The Morgan fingerprint density at radius 2 is 2.06 bits per heavy atom. The fraction of sp³-hybridized carbons (Fsp3) is 0.333. The molecule has 0 aliphatic carbocycles. The van der Waals surface area contributed by atoms with E-state index in [1.54, 1.807) is 0 Å². The maximum absolute atomic E-state index is 3.53. The first kappa shape index (κ1) is 13.8. The fourth-order valence-electron chi connectivity index (χ4n) is 2.23. The van der Waals surface area contributed by atoms with E-state index in [2.05, 4.69) is 65.4 Å². The number of rotatable bonds is 4. The zero-order valence-corrected chi connectivity index (χ0v) is 13.4. The van der Waals surface area contributed by atoms with Gasteiger partial charge in [0.25, 0.3) is 0 Å². The molecule has 0 aliphatic heterocycles. The summed E-state index contributed by atoms with van der Waals surface area (Å²) < 4.78 is 1.15. The Kier molecular flexibility index (Phi) is 4.60. The molecule has 0 fully saturated rings. The van der Waals surface area contributed by atoms with Gasteiger partial charge in [-0.3, -0.25) is 0 Å². The maximum atomic E-state index is 3.53. The maximum Gasteiger partial charge on any atom is 0.0456 e. The van der Waals surface area contributed by atoms with Gasteiger partial charge >= 0.3 is 0 Å². The van der Waals surface area contributed by atoms with Crippen LogP contribution in [-0.4, -0.2) is 7.05 Å². The lowest BCUT2D eigenvalue weighted by Crippen LogP contribution is -2.18. The van der Waals surface area contributed by atoms with E-state index in [9.17, 15) is 0 Å². The van der Waals surface area contributed by atoms with Crippen LogP contribution in [0.3, 0.4) is 0 Å². The van der Waals surface area contributed by atoms with Crippen LogP contribution in [0.25, 0.3) is 0 Å². The predicted octanol–water partition coefficient (Wildman–Crippen LogP) is 4.63. The minimum Gasteiger partial charge on any atom is -0.312 e. The number of hydrogen-bond acceptors (Lipinski definition) is 2. The minimum absolute atomic E-state index is 0.401. The largest absolute Gasteiger partial charge is 0.312 e. The molecule has 18 heavy (non-hydrogen) atoms. The summed E-state index contributed by atoms with van der Waals surface area (Å²) in [5.74, 6) is 0. The van der Waals surface area contributed by atoms with Crippen molar-refractivity contribution in [1.29, 1.82) is 0 Å². The molecule has 0 spiro atoms. The van der Waals surface area contributed by atoms with Gasteiger partial charge in [0, 0.05) is 20.3 Å². The van der Waals surface area contributed by atoms with Crippen molar-refractivity contribution in [2.24, 2.45) is 0 Å². The minimum atomic E-state index is 0.401. The lowest BCUT2D eigenvalue weighted by molar-refractivity contribution is 0.599. The van der Waals surface area contributed by atoms with E-state index in [0.717, 1.165) is 10.9 Å². The van der Waals surface area contributed by atoms with E-state index >= 15 is 0 Å². The number of halogens is 1. The molecular weight excluding hydrogens is 306 g/mol. The molecule has 2 aromatic rings. The van der Waals surface area contributed by atoms with Gasteiger partial charge in [0.1, 0.15) is 0 Å². The second-order valence-corrected chi connectivity index (χ2v) is 6.78. The van der Waals surface area contributed by atoms with Crippen LogP contribution in [0.1, 0.15) is 26.9 Å². The van der Waals surface area contributed by atoms with Gasteiger partial charge in [0.2, 0.25) is 0 Å². The smallest absolute Gasteiger partial charge is 0.0456 e. The highest BCUT2D eigenvalue weighted by Crippen LogP contribution is 2.29. The highest BCUT2D eigenvalue weighted by atomic mass is 79.9. The average molecular weight is 324 g/mol. The summed E-state index contributed by atoms with van der Waals surface area (Å²) in [6, 6.07) is 11.2. The predicted molar refractivity (Wildman–Crippen MR) is 83.4 cm³/mol. The average Bonchev–Trinajstić information content (AvgIpc) is 2.65.